The molecule has 2 atom stereocenters. The van der Waals surface area contributed by atoms with Gasteiger partial charge in [0.1, 0.15) is 0 Å². The Balaban J connectivity index is 2.22. The molecule has 19 heavy (non-hydrogen) atoms. The van der Waals surface area contributed by atoms with Crippen LogP contribution in [0, 0.1) is 5.92 Å². The highest BCUT2D eigenvalue weighted by Gasteiger charge is 2.25. The molecule has 3 N–H and O–H groups in total. The summed E-state index contributed by atoms with van der Waals surface area (Å²) in [5.41, 5.74) is 0. The molecule has 6 heteroatoms. The highest BCUT2D eigenvalue weighted by molar-refractivity contribution is 5.95. The largest absolute Gasteiger partial charge is 0.392 e. The van der Waals surface area contributed by atoms with Crippen LogP contribution in [-0.4, -0.2) is 54.2 Å². The van der Waals surface area contributed by atoms with Crippen LogP contribution in [0.15, 0.2) is 0 Å². The van der Waals surface area contributed by atoms with Crippen molar-refractivity contribution >= 4 is 11.9 Å². The molecule has 0 aromatic rings. The number of imide groups is 1. The molecule has 1 saturated heterocycles. The smallest absolute Gasteiger partial charge is 0.321 e. The molecule has 1 rings (SSSR count). The maximum atomic E-state index is 11.6. The van der Waals surface area contributed by atoms with E-state index in [1.165, 1.54) is 0 Å². The number of hydrogen-bond acceptors (Lipinski definition) is 4. The Labute approximate surface area is 114 Å². The van der Waals surface area contributed by atoms with Crippen molar-refractivity contribution in [2.75, 3.05) is 26.2 Å². The monoisotopic (exact) mass is 271 g/mol. The molecule has 110 valence electrons. The summed E-state index contributed by atoms with van der Waals surface area (Å²) in [7, 11) is 0. The first kappa shape index (κ1) is 15.9. The van der Waals surface area contributed by atoms with E-state index in [2.05, 4.69) is 10.6 Å². The number of carbonyl (C=O) groups is 2. The molecule has 0 saturated carbocycles. The molecule has 0 bridgehead atoms. The third kappa shape index (κ3) is 6.02. The van der Waals surface area contributed by atoms with Crippen molar-refractivity contribution in [3.8, 4) is 0 Å². The first-order valence-electron chi connectivity index (χ1n) is 7.01. The summed E-state index contributed by atoms with van der Waals surface area (Å²) in [6, 6.07) is -0.440. The second-order valence-corrected chi connectivity index (χ2v) is 5.23. The lowest BCUT2D eigenvalue weighted by Crippen LogP contribution is -2.49. The van der Waals surface area contributed by atoms with Gasteiger partial charge in [-0.1, -0.05) is 20.3 Å². The molecule has 0 aromatic heterocycles. The Kier molecular flexibility index (Phi) is 6.80. The number of β-amino-alcohol motifs (C(OH)–C–C–N with tert-alkyl or cyclic N) is 1. The van der Waals surface area contributed by atoms with Gasteiger partial charge in [-0.25, -0.2) is 4.79 Å². The van der Waals surface area contributed by atoms with Crippen LogP contribution in [-0.2, 0) is 4.79 Å². The normalized spacial score (nSPS) is 23.9. The molecule has 1 fully saturated rings. The standard InChI is InChI=1S/C13H25N3O3/c1-3-4-6-14-13(19)15-12(18)9-16-7-5-10(2)11(17)8-16/h10-11,17H,3-9H2,1-2H3,(H2,14,15,18,19). The second-order valence-electron chi connectivity index (χ2n) is 5.23. The molecule has 1 aliphatic rings. The number of piperidine rings is 1. The maximum Gasteiger partial charge on any atom is 0.321 e. The average Bonchev–Trinajstić information content (AvgIpc) is 2.34. The first-order valence-corrected chi connectivity index (χ1v) is 7.01. The van der Waals surface area contributed by atoms with Gasteiger partial charge < -0.3 is 10.4 Å². The van der Waals surface area contributed by atoms with Crippen LogP contribution in [0.3, 0.4) is 0 Å². The molecule has 0 aromatic carbocycles. The molecule has 6 nitrogen and oxygen atoms in total. The van der Waals surface area contributed by atoms with Crippen LogP contribution in [0.1, 0.15) is 33.1 Å². The molecule has 1 heterocycles. The van der Waals surface area contributed by atoms with Crippen molar-refractivity contribution in [3.05, 3.63) is 0 Å². The van der Waals surface area contributed by atoms with Crippen LogP contribution in [0.4, 0.5) is 4.79 Å². The van der Waals surface area contributed by atoms with Crippen LogP contribution >= 0.6 is 0 Å². The zero-order chi connectivity index (χ0) is 14.3. The van der Waals surface area contributed by atoms with E-state index < -0.39 is 6.03 Å². The van der Waals surface area contributed by atoms with Gasteiger partial charge in [0.15, 0.2) is 0 Å². The minimum atomic E-state index is -0.440. The van der Waals surface area contributed by atoms with E-state index >= 15 is 0 Å². The lowest BCUT2D eigenvalue weighted by molar-refractivity contribution is -0.122. The van der Waals surface area contributed by atoms with Crippen LogP contribution in [0.2, 0.25) is 0 Å². The van der Waals surface area contributed by atoms with Gasteiger partial charge in [-0.2, -0.15) is 0 Å². The van der Waals surface area contributed by atoms with Gasteiger partial charge in [0.25, 0.3) is 0 Å². The van der Waals surface area contributed by atoms with Crippen molar-refractivity contribution in [1.82, 2.24) is 15.5 Å². The van der Waals surface area contributed by atoms with E-state index in [4.69, 9.17) is 0 Å². The molecule has 0 spiro atoms. The van der Waals surface area contributed by atoms with Gasteiger partial charge in [0.2, 0.25) is 5.91 Å². The van der Waals surface area contributed by atoms with Crippen molar-refractivity contribution in [2.45, 2.75) is 39.2 Å². The van der Waals surface area contributed by atoms with E-state index in [1.807, 2.05) is 18.7 Å². The van der Waals surface area contributed by atoms with Crippen LogP contribution in [0.25, 0.3) is 0 Å². The molecular weight excluding hydrogens is 246 g/mol. The number of rotatable bonds is 5. The fourth-order valence-corrected chi connectivity index (χ4v) is 2.05. The molecule has 0 radical (unpaired) electrons. The van der Waals surface area contributed by atoms with Gasteiger partial charge in [-0.15, -0.1) is 0 Å². The number of unbranched alkanes of at least 4 members (excludes halogenated alkanes) is 1. The maximum absolute atomic E-state index is 11.6. The van der Waals surface area contributed by atoms with Gasteiger partial charge in [0, 0.05) is 13.1 Å². The van der Waals surface area contributed by atoms with E-state index in [-0.39, 0.29) is 24.5 Å². The van der Waals surface area contributed by atoms with E-state index in [0.29, 0.717) is 13.1 Å². The Hall–Kier alpha value is -1.14. The van der Waals surface area contributed by atoms with Crippen molar-refractivity contribution in [2.24, 2.45) is 5.92 Å². The van der Waals surface area contributed by atoms with Crippen molar-refractivity contribution in [3.63, 3.8) is 0 Å². The third-order valence-corrected chi connectivity index (χ3v) is 3.44. The Morgan fingerprint density at radius 2 is 2.16 bits per heavy atom. The number of likely N-dealkylation sites (tertiary alicyclic amines) is 1. The highest BCUT2D eigenvalue weighted by Crippen LogP contribution is 2.16. The van der Waals surface area contributed by atoms with Crippen LogP contribution in [0.5, 0.6) is 0 Å². The van der Waals surface area contributed by atoms with Crippen LogP contribution < -0.4 is 10.6 Å². The number of nitrogens with zero attached hydrogens (tertiary/aromatic N) is 1. The topological polar surface area (TPSA) is 81.7 Å². The Bertz CT molecular complexity index is 310. The number of amides is 3. The number of hydrogen-bond donors (Lipinski definition) is 3. The SMILES string of the molecule is CCCCNC(=O)NC(=O)CN1CCC(C)C(O)C1. The lowest BCUT2D eigenvalue weighted by Gasteiger charge is -2.33. The molecule has 0 aliphatic carbocycles. The first-order chi connectivity index (χ1) is 9.02. The second kappa shape index (κ2) is 8.12. The predicted octanol–water partition coefficient (Wildman–Crippen LogP) is 0.315. The molecule has 3 amide bonds. The number of urea groups is 1. The number of aliphatic hydroxyl groups is 1. The minimum absolute atomic E-state index is 0.158. The van der Waals surface area contributed by atoms with Gasteiger partial charge in [-0.3, -0.25) is 15.0 Å². The zero-order valence-corrected chi connectivity index (χ0v) is 11.8. The Morgan fingerprint density at radius 3 is 2.79 bits per heavy atom. The fraction of sp³-hybridized carbons (Fsp3) is 0.846. The number of aliphatic hydroxyl groups excluding tert-OH is 1. The fourth-order valence-electron chi connectivity index (χ4n) is 2.05. The van der Waals surface area contributed by atoms with Gasteiger partial charge >= 0.3 is 6.03 Å². The van der Waals surface area contributed by atoms with E-state index in [0.717, 1.165) is 25.8 Å². The van der Waals surface area contributed by atoms with Crippen molar-refractivity contribution in [1.29, 1.82) is 0 Å². The van der Waals surface area contributed by atoms with Crippen molar-refractivity contribution < 1.29 is 14.7 Å². The minimum Gasteiger partial charge on any atom is -0.392 e. The summed E-state index contributed by atoms with van der Waals surface area (Å²) >= 11 is 0. The van der Waals surface area contributed by atoms with Gasteiger partial charge in [-0.05, 0) is 25.3 Å². The highest BCUT2D eigenvalue weighted by atomic mass is 16.3. The molecule has 2 unspecified atom stereocenters. The van der Waals surface area contributed by atoms with E-state index in [1.54, 1.807) is 0 Å². The average molecular weight is 271 g/mol. The lowest BCUT2D eigenvalue weighted by atomic mass is 9.96. The quantitative estimate of drug-likeness (QED) is 0.629. The molecular formula is C13H25N3O3. The predicted molar refractivity (Wildman–Crippen MR) is 72.7 cm³/mol. The summed E-state index contributed by atoms with van der Waals surface area (Å²) < 4.78 is 0. The summed E-state index contributed by atoms with van der Waals surface area (Å²) in [6.07, 6.45) is 2.38. The third-order valence-electron chi connectivity index (χ3n) is 3.44. The number of nitrogens with one attached hydrogen (secondary N) is 2. The Morgan fingerprint density at radius 1 is 1.42 bits per heavy atom. The summed E-state index contributed by atoms with van der Waals surface area (Å²) in [5, 5.41) is 14.7. The van der Waals surface area contributed by atoms with E-state index in [9.17, 15) is 14.7 Å². The van der Waals surface area contributed by atoms with Gasteiger partial charge in [0.05, 0.1) is 12.6 Å². The zero-order valence-electron chi connectivity index (χ0n) is 11.8. The molecule has 1 aliphatic heterocycles. The summed E-state index contributed by atoms with van der Waals surface area (Å²) in [4.78, 5) is 24.9. The summed E-state index contributed by atoms with van der Waals surface area (Å²) in [5.74, 6) is -0.0487. The summed E-state index contributed by atoms with van der Waals surface area (Å²) in [6.45, 7) is 6.05. The number of carbonyl (C=O) groups excluding carboxylic acids is 2.